The molecule has 0 aliphatic carbocycles. The Labute approximate surface area is 128 Å². The second-order valence-electron chi connectivity index (χ2n) is 5.66. The smallest absolute Gasteiger partial charge is 0.317 e. The maximum atomic E-state index is 12.0. The second-order valence-corrected chi connectivity index (χ2v) is 5.66. The van der Waals surface area contributed by atoms with E-state index < -0.39 is 0 Å². The van der Waals surface area contributed by atoms with Crippen LogP contribution in [0, 0.1) is 0 Å². The molecular weight excluding hydrogens is 262 g/mol. The number of rotatable bonds is 5. The quantitative estimate of drug-likeness (QED) is 0.904. The second kappa shape index (κ2) is 8.03. The molecule has 1 N–H and O–H groups in total. The molecule has 4 heteroatoms. The van der Waals surface area contributed by atoms with Crippen LogP contribution >= 0.6 is 0 Å². The summed E-state index contributed by atoms with van der Waals surface area (Å²) >= 11 is 0. The van der Waals surface area contributed by atoms with Gasteiger partial charge in [-0.05, 0) is 32.3 Å². The normalized spacial score (nSPS) is 16.7. The third-order valence-corrected chi connectivity index (χ3v) is 4.21. The monoisotopic (exact) mass is 289 g/mol. The van der Waals surface area contributed by atoms with Gasteiger partial charge in [-0.15, -0.1) is 0 Å². The van der Waals surface area contributed by atoms with Gasteiger partial charge in [0.1, 0.15) is 0 Å². The van der Waals surface area contributed by atoms with Gasteiger partial charge in [-0.2, -0.15) is 0 Å². The van der Waals surface area contributed by atoms with Gasteiger partial charge in [-0.1, -0.05) is 30.3 Å². The third-order valence-electron chi connectivity index (χ3n) is 4.21. The molecule has 0 radical (unpaired) electrons. The van der Waals surface area contributed by atoms with Crippen LogP contribution in [0.3, 0.4) is 0 Å². The van der Waals surface area contributed by atoms with Gasteiger partial charge in [0.05, 0.1) is 0 Å². The fourth-order valence-electron chi connectivity index (χ4n) is 2.85. The zero-order chi connectivity index (χ0) is 15.1. The Balaban J connectivity index is 1.74. The van der Waals surface area contributed by atoms with E-state index in [2.05, 4.69) is 40.5 Å². The summed E-state index contributed by atoms with van der Waals surface area (Å²) in [6.07, 6.45) is 2.08. The summed E-state index contributed by atoms with van der Waals surface area (Å²) in [5.41, 5.74) is 1.36. The Morgan fingerprint density at radius 2 is 1.81 bits per heavy atom. The van der Waals surface area contributed by atoms with E-state index in [1.807, 2.05) is 18.7 Å². The number of nitrogens with zero attached hydrogens (tertiary/aromatic N) is 2. The molecule has 1 fully saturated rings. The fraction of sp³-hybridized carbons (Fsp3) is 0.588. The van der Waals surface area contributed by atoms with Gasteiger partial charge in [0, 0.05) is 38.8 Å². The number of carbonyl (C=O) groups is 1. The van der Waals surface area contributed by atoms with E-state index in [1.165, 1.54) is 5.56 Å². The Kier molecular flexibility index (Phi) is 6.05. The standard InChI is InChI=1S/C17H27N3O/c1-3-20(4-2)17(21)18-16-10-12-19(13-11-16)14-15-8-6-5-7-9-15/h5-9,16H,3-4,10-14H2,1-2H3,(H,18,21). The molecule has 0 spiro atoms. The molecule has 0 bridgehead atoms. The zero-order valence-corrected chi connectivity index (χ0v) is 13.2. The van der Waals surface area contributed by atoms with Crippen LogP contribution in [0.15, 0.2) is 30.3 Å². The Morgan fingerprint density at radius 1 is 1.19 bits per heavy atom. The molecule has 1 aliphatic heterocycles. The number of amides is 2. The lowest BCUT2D eigenvalue weighted by atomic mass is 10.0. The highest BCUT2D eigenvalue weighted by Gasteiger charge is 2.22. The van der Waals surface area contributed by atoms with Crippen molar-refractivity contribution in [3.8, 4) is 0 Å². The van der Waals surface area contributed by atoms with Crippen LogP contribution < -0.4 is 5.32 Å². The largest absolute Gasteiger partial charge is 0.335 e. The van der Waals surface area contributed by atoms with Crippen molar-refractivity contribution in [2.75, 3.05) is 26.2 Å². The van der Waals surface area contributed by atoms with Crippen molar-refractivity contribution in [1.29, 1.82) is 0 Å². The lowest BCUT2D eigenvalue weighted by molar-refractivity contribution is 0.171. The first-order chi connectivity index (χ1) is 10.2. The molecule has 1 aromatic carbocycles. The first-order valence-corrected chi connectivity index (χ1v) is 8.04. The highest BCUT2D eigenvalue weighted by molar-refractivity contribution is 5.74. The van der Waals surface area contributed by atoms with Gasteiger partial charge in [0.2, 0.25) is 0 Å². The van der Waals surface area contributed by atoms with Crippen molar-refractivity contribution in [3.63, 3.8) is 0 Å². The zero-order valence-electron chi connectivity index (χ0n) is 13.2. The van der Waals surface area contributed by atoms with Crippen LogP contribution in [-0.4, -0.2) is 48.1 Å². The van der Waals surface area contributed by atoms with Crippen molar-refractivity contribution in [2.45, 2.75) is 39.3 Å². The topological polar surface area (TPSA) is 35.6 Å². The average molecular weight is 289 g/mol. The molecule has 21 heavy (non-hydrogen) atoms. The van der Waals surface area contributed by atoms with E-state index in [0.717, 1.165) is 45.6 Å². The van der Waals surface area contributed by atoms with E-state index in [4.69, 9.17) is 0 Å². The number of benzene rings is 1. The maximum Gasteiger partial charge on any atom is 0.317 e. The summed E-state index contributed by atoms with van der Waals surface area (Å²) < 4.78 is 0. The summed E-state index contributed by atoms with van der Waals surface area (Å²) in [4.78, 5) is 16.4. The Hall–Kier alpha value is -1.55. The highest BCUT2D eigenvalue weighted by atomic mass is 16.2. The highest BCUT2D eigenvalue weighted by Crippen LogP contribution is 2.14. The van der Waals surface area contributed by atoms with Gasteiger partial charge in [0.15, 0.2) is 0 Å². The maximum absolute atomic E-state index is 12.0. The summed E-state index contributed by atoms with van der Waals surface area (Å²) in [6.45, 7) is 8.70. The van der Waals surface area contributed by atoms with Gasteiger partial charge in [0.25, 0.3) is 0 Å². The van der Waals surface area contributed by atoms with Crippen molar-refractivity contribution in [3.05, 3.63) is 35.9 Å². The number of likely N-dealkylation sites (tertiary alicyclic amines) is 1. The summed E-state index contributed by atoms with van der Waals surface area (Å²) in [5, 5.41) is 3.17. The fourth-order valence-corrected chi connectivity index (χ4v) is 2.85. The lowest BCUT2D eigenvalue weighted by Gasteiger charge is -2.33. The predicted octanol–water partition coefficient (Wildman–Crippen LogP) is 2.70. The molecule has 1 heterocycles. The minimum atomic E-state index is 0.0847. The predicted molar refractivity (Wildman–Crippen MR) is 86.2 cm³/mol. The molecular formula is C17H27N3O. The van der Waals surface area contributed by atoms with Crippen LogP contribution in [-0.2, 0) is 6.54 Å². The number of piperidine rings is 1. The number of hydrogen-bond donors (Lipinski definition) is 1. The Morgan fingerprint density at radius 3 is 2.38 bits per heavy atom. The van der Waals surface area contributed by atoms with E-state index in [0.29, 0.717) is 6.04 Å². The average Bonchev–Trinajstić information content (AvgIpc) is 2.51. The number of hydrogen-bond acceptors (Lipinski definition) is 2. The molecule has 116 valence electrons. The van der Waals surface area contributed by atoms with Gasteiger partial charge < -0.3 is 10.2 Å². The van der Waals surface area contributed by atoms with E-state index >= 15 is 0 Å². The molecule has 0 atom stereocenters. The minimum absolute atomic E-state index is 0.0847. The minimum Gasteiger partial charge on any atom is -0.335 e. The molecule has 0 saturated carbocycles. The Bertz CT molecular complexity index is 423. The third kappa shape index (κ3) is 4.74. The van der Waals surface area contributed by atoms with Gasteiger partial charge >= 0.3 is 6.03 Å². The SMILES string of the molecule is CCN(CC)C(=O)NC1CCN(Cc2ccccc2)CC1. The molecule has 1 aromatic rings. The summed E-state index contributed by atoms with van der Waals surface area (Å²) in [6, 6.07) is 11.0. The molecule has 2 rings (SSSR count). The molecule has 4 nitrogen and oxygen atoms in total. The number of carbonyl (C=O) groups excluding carboxylic acids is 1. The first-order valence-electron chi connectivity index (χ1n) is 8.04. The number of urea groups is 1. The van der Waals surface area contributed by atoms with E-state index in [1.54, 1.807) is 0 Å². The lowest BCUT2D eigenvalue weighted by Crippen LogP contribution is -2.49. The van der Waals surface area contributed by atoms with Crippen molar-refractivity contribution in [1.82, 2.24) is 15.1 Å². The van der Waals surface area contributed by atoms with Crippen LogP contribution in [0.1, 0.15) is 32.3 Å². The number of nitrogens with one attached hydrogen (secondary N) is 1. The van der Waals surface area contributed by atoms with Crippen LogP contribution in [0.2, 0.25) is 0 Å². The van der Waals surface area contributed by atoms with Crippen LogP contribution in [0.4, 0.5) is 4.79 Å². The van der Waals surface area contributed by atoms with Crippen molar-refractivity contribution in [2.24, 2.45) is 0 Å². The van der Waals surface area contributed by atoms with Crippen LogP contribution in [0.25, 0.3) is 0 Å². The van der Waals surface area contributed by atoms with E-state index in [-0.39, 0.29) is 6.03 Å². The van der Waals surface area contributed by atoms with Crippen molar-refractivity contribution >= 4 is 6.03 Å². The van der Waals surface area contributed by atoms with E-state index in [9.17, 15) is 4.79 Å². The first kappa shape index (κ1) is 15.8. The molecule has 1 saturated heterocycles. The van der Waals surface area contributed by atoms with Crippen molar-refractivity contribution < 1.29 is 4.79 Å². The van der Waals surface area contributed by atoms with Gasteiger partial charge in [-0.3, -0.25) is 4.90 Å². The summed E-state index contributed by atoms with van der Waals surface area (Å²) in [5.74, 6) is 0. The molecule has 0 aromatic heterocycles. The molecule has 0 unspecified atom stereocenters. The van der Waals surface area contributed by atoms with Crippen LogP contribution in [0.5, 0.6) is 0 Å². The molecule has 1 aliphatic rings. The van der Waals surface area contributed by atoms with Gasteiger partial charge in [-0.25, -0.2) is 4.79 Å². The summed E-state index contributed by atoms with van der Waals surface area (Å²) in [7, 11) is 0. The molecule has 2 amide bonds.